The van der Waals surface area contributed by atoms with Crippen LogP contribution in [0, 0.1) is 6.92 Å². The van der Waals surface area contributed by atoms with Gasteiger partial charge < -0.3 is 14.6 Å². The van der Waals surface area contributed by atoms with Crippen LogP contribution in [0.25, 0.3) is 0 Å². The third-order valence-electron chi connectivity index (χ3n) is 3.29. The third kappa shape index (κ3) is 4.21. The number of benzene rings is 1. The molecule has 0 unspecified atom stereocenters. The number of nitrogens with zero attached hydrogens (tertiary/aromatic N) is 1. The number of carbonyl (C=O) groups excluding carboxylic acids is 2. The molecule has 1 amide bonds. The van der Waals surface area contributed by atoms with E-state index in [0.29, 0.717) is 12.2 Å². The van der Waals surface area contributed by atoms with E-state index in [2.05, 4.69) is 20.9 Å². The van der Waals surface area contributed by atoms with Crippen LogP contribution in [0.3, 0.4) is 0 Å². The van der Waals surface area contributed by atoms with Crippen molar-refractivity contribution < 1.29 is 14.3 Å². The first kappa shape index (κ1) is 16.3. The van der Waals surface area contributed by atoms with Gasteiger partial charge in [-0.25, -0.2) is 4.79 Å². The Hall–Kier alpha value is -2.08. The van der Waals surface area contributed by atoms with Crippen LogP contribution in [0.4, 0.5) is 0 Å². The molecule has 0 aliphatic rings. The number of H-pyrrole nitrogens is 1. The quantitative estimate of drug-likeness (QED) is 0.829. The van der Waals surface area contributed by atoms with Crippen molar-refractivity contribution in [2.75, 3.05) is 13.7 Å². The largest absolute Gasteiger partial charge is 0.451 e. The number of nitrogens with one attached hydrogen (secondary N) is 1. The van der Waals surface area contributed by atoms with E-state index in [-0.39, 0.29) is 12.5 Å². The first-order valence-corrected chi connectivity index (χ1v) is 7.56. The fourth-order valence-electron chi connectivity index (χ4n) is 1.93. The molecule has 0 spiro atoms. The van der Waals surface area contributed by atoms with Crippen LogP contribution in [0.1, 0.15) is 21.6 Å². The lowest BCUT2D eigenvalue weighted by molar-refractivity contribution is -0.133. The van der Waals surface area contributed by atoms with Crippen LogP contribution in [0.2, 0.25) is 0 Å². The second-order valence-corrected chi connectivity index (χ2v) is 5.90. The summed E-state index contributed by atoms with van der Waals surface area (Å²) in [6.45, 7) is 2.20. The van der Waals surface area contributed by atoms with Crippen molar-refractivity contribution in [1.29, 1.82) is 0 Å². The van der Waals surface area contributed by atoms with E-state index in [4.69, 9.17) is 4.74 Å². The SMILES string of the molecule is Cc1ccccc1CN(C)C(=O)COC(=O)c1cc(Br)c[nH]1. The number of rotatable bonds is 5. The highest BCUT2D eigenvalue weighted by Crippen LogP contribution is 2.12. The lowest BCUT2D eigenvalue weighted by atomic mass is 10.1. The molecule has 2 aromatic rings. The van der Waals surface area contributed by atoms with E-state index in [1.54, 1.807) is 24.2 Å². The zero-order chi connectivity index (χ0) is 16.1. The van der Waals surface area contributed by atoms with Crippen molar-refractivity contribution in [2.24, 2.45) is 0 Å². The number of hydrogen-bond donors (Lipinski definition) is 1. The predicted octanol–water partition coefficient (Wildman–Crippen LogP) is 2.90. The average Bonchev–Trinajstić information content (AvgIpc) is 2.93. The van der Waals surface area contributed by atoms with E-state index >= 15 is 0 Å². The van der Waals surface area contributed by atoms with Crippen LogP contribution in [0.5, 0.6) is 0 Å². The number of likely N-dealkylation sites (N-methyl/N-ethyl adjacent to an activating group) is 1. The van der Waals surface area contributed by atoms with Crippen LogP contribution in [-0.2, 0) is 16.1 Å². The van der Waals surface area contributed by atoms with E-state index in [9.17, 15) is 9.59 Å². The molecule has 1 aromatic carbocycles. The molecule has 0 fully saturated rings. The molecule has 5 nitrogen and oxygen atoms in total. The second-order valence-electron chi connectivity index (χ2n) is 4.98. The summed E-state index contributed by atoms with van der Waals surface area (Å²) in [4.78, 5) is 28.1. The first-order chi connectivity index (χ1) is 10.5. The van der Waals surface area contributed by atoms with E-state index in [0.717, 1.165) is 15.6 Å². The van der Waals surface area contributed by atoms with Gasteiger partial charge in [0.2, 0.25) is 0 Å². The molecular weight excluding hydrogens is 348 g/mol. The topological polar surface area (TPSA) is 62.4 Å². The number of ether oxygens (including phenoxy) is 1. The Morgan fingerprint density at radius 3 is 2.68 bits per heavy atom. The van der Waals surface area contributed by atoms with Gasteiger partial charge in [-0.2, -0.15) is 0 Å². The van der Waals surface area contributed by atoms with Crippen LogP contribution < -0.4 is 0 Å². The molecule has 116 valence electrons. The fourth-order valence-corrected chi connectivity index (χ4v) is 2.28. The zero-order valence-corrected chi connectivity index (χ0v) is 14.0. The zero-order valence-electron chi connectivity index (χ0n) is 12.4. The molecular formula is C16H17BrN2O3. The van der Waals surface area contributed by atoms with E-state index < -0.39 is 5.97 Å². The molecule has 0 saturated heterocycles. The van der Waals surface area contributed by atoms with Crippen molar-refractivity contribution in [3.05, 3.63) is 57.8 Å². The highest BCUT2D eigenvalue weighted by atomic mass is 79.9. The van der Waals surface area contributed by atoms with Gasteiger partial charge >= 0.3 is 5.97 Å². The average molecular weight is 365 g/mol. The molecule has 0 aliphatic heterocycles. The highest BCUT2D eigenvalue weighted by molar-refractivity contribution is 9.10. The second kappa shape index (κ2) is 7.26. The Bertz CT molecular complexity index is 682. The summed E-state index contributed by atoms with van der Waals surface area (Å²) in [5, 5.41) is 0. The number of aryl methyl sites for hydroxylation is 1. The summed E-state index contributed by atoms with van der Waals surface area (Å²) < 4.78 is 5.76. The minimum Gasteiger partial charge on any atom is -0.451 e. The number of amides is 1. The van der Waals surface area contributed by atoms with Crippen molar-refractivity contribution in [1.82, 2.24) is 9.88 Å². The Morgan fingerprint density at radius 1 is 1.32 bits per heavy atom. The van der Waals surface area contributed by atoms with Crippen molar-refractivity contribution in [3.8, 4) is 0 Å². The maximum absolute atomic E-state index is 12.0. The number of esters is 1. The predicted molar refractivity (Wildman–Crippen MR) is 86.4 cm³/mol. The number of hydrogen-bond acceptors (Lipinski definition) is 3. The Balaban J connectivity index is 1.86. The number of halogens is 1. The summed E-state index contributed by atoms with van der Waals surface area (Å²) >= 11 is 3.23. The smallest absolute Gasteiger partial charge is 0.355 e. The van der Waals surface area contributed by atoms with Gasteiger partial charge in [-0.15, -0.1) is 0 Å². The lowest BCUT2D eigenvalue weighted by Gasteiger charge is -2.18. The van der Waals surface area contributed by atoms with Gasteiger partial charge in [-0.05, 0) is 40.0 Å². The molecule has 0 bridgehead atoms. The fraction of sp³-hybridized carbons (Fsp3) is 0.250. The lowest BCUT2D eigenvalue weighted by Crippen LogP contribution is -2.31. The van der Waals surface area contributed by atoms with Crippen molar-refractivity contribution >= 4 is 27.8 Å². The van der Waals surface area contributed by atoms with Crippen molar-refractivity contribution in [2.45, 2.75) is 13.5 Å². The number of carbonyl (C=O) groups is 2. The molecule has 0 saturated carbocycles. The molecule has 1 N–H and O–H groups in total. The molecule has 22 heavy (non-hydrogen) atoms. The summed E-state index contributed by atoms with van der Waals surface area (Å²) in [6.07, 6.45) is 1.63. The summed E-state index contributed by atoms with van der Waals surface area (Å²) in [7, 11) is 1.69. The molecule has 0 atom stereocenters. The highest BCUT2D eigenvalue weighted by Gasteiger charge is 2.15. The Labute approximate surface area is 137 Å². The van der Waals surface area contributed by atoms with Crippen LogP contribution in [-0.4, -0.2) is 35.4 Å². The van der Waals surface area contributed by atoms with Gasteiger partial charge in [-0.1, -0.05) is 24.3 Å². The summed E-state index contributed by atoms with van der Waals surface area (Å²) in [5.74, 6) is -0.800. The molecule has 2 rings (SSSR count). The third-order valence-corrected chi connectivity index (χ3v) is 3.75. The Kier molecular flexibility index (Phi) is 5.38. The number of aromatic amines is 1. The summed E-state index contributed by atoms with van der Waals surface area (Å²) in [5.41, 5.74) is 2.49. The summed E-state index contributed by atoms with van der Waals surface area (Å²) in [6, 6.07) is 9.46. The maximum atomic E-state index is 12.0. The van der Waals surface area contributed by atoms with Gasteiger partial charge in [0.15, 0.2) is 6.61 Å². The van der Waals surface area contributed by atoms with Crippen LogP contribution >= 0.6 is 15.9 Å². The van der Waals surface area contributed by atoms with Crippen LogP contribution in [0.15, 0.2) is 41.0 Å². The monoisotopic (exact) mass is 364 g/mol. The minimum atomic E-state index is -0.552. The maximum Gasteiger partial charge on any atom is 0.355 e. The minimum absolute atomic E-state index is 0.248. The van der Waals surface area contributed by atoms with Gasteiger partial charge in [-0.3, -0.25) is 4.79 Å². The van der Waals surface area contributed by atoms with E-state index in [1.807, 2.05) is 31.2 Å². The van der Waals surface area contributed by atoms with Gasteiger partial charge in [0, 0.05) is 24.3 Å². The molecule has 6 heteroatoms. The molecule has 0 radical (unpaired) electrons. The number of aromatic nitrogens is 1. The van der Waals surface area contributed by atoms with Crippen molar-refractivity contribution in [3.63, 3.8) is 0 Å². The molecule has 1 aromatic heterocycles. The molecule has 0 aliphatic carbocycles. The molecule has 1 heterocycles. The van der Waals surface area contributed by atoms with Gasteiger partial charge in [0.05, 0.1) is 0 Å². The Morgan fingerprint density at radius 2 is 2.05 bits per heavy atom. The van der Waals surface area contributed by atoms with Gasteiger partial charge in [0.25, 0.3) is 5.91 Å². The van der Waals surface area contributed by atoms with E-state index in [1.165, 1.54) is 0 Å². The first-order valence-electron chi connectivity index (χ1n) is 6.77. The standard InChI is InChI=1S/C16H17BrN2O3/c1-11-5-3-4-6-12(11)9-19(2)15(20)10-22-16(21)14-7-13(17)8-18-14/h3-8,18H,9-10H2,1-2H3. The normalized spacial score (nSPS) is 10.3. The van der Waals surface area contributed by atoms with Gasteiger partial charge in [0.1, 0.15) is 5.69 Å².